The van der Waals surface area contributed by atoms with E-state index in [9.17, 15) is 13.2 Å². The van der Waals surface area contributed by atoms with Crippen LogP contribution in [-0.2, 0) is 0 Å². The van der Waals surface area contributed by atoms with Crippen LogP contribution >= 0.6 is 22.6 Å². The summed E-state index contributed by atoms with van der Waals surface area (Å²) in [6.45, 7) is 4.12. The van der Waals surface area contributed by atoms with E-state index in [0.29, 0.717) is 10.2 Å². The summed E-state index contributed by atoms with van der Waals surface area (Å²) in [5, 5.41) is 2.51. The third-order valence-electron chi connectivity index (χ3n) is 2.98. The van der Waals surface area contributed by atoms with Crippen LogP contribution < -0.4 is 15.8 Å². The van der Waals surface area contributed by atoms with Gasteiger partial charge in [0.25, 0.3) is 0 Å². The molecule has 2 aromatic rings. The number of benzene rings is 2. The Balaban J connectivity index is 2.40. The van der Waals surface area contributed by atoms with Crippen LogP contribution in [0.25, 0.3) is 0 Å². The molecule has 0 saturated heterocycles. The van der Waals surface area contributed by atoms with Gasteiger partial charge in [0.1, 0.15) is 22.9 Å². The van der Waals surface area contributed by atoms with Gasteiger partial charge in [0.2, 0.25) is 0 Å². The normalized spacial score (nSPS) is 10.9. The number of nitrogens with one attached hydrogen (secondary N) is 1. The number of rotatable bonds is 5. The number of hydrogen-bond acceptors (Lipinski definition) is 3. The molecular weight excluding hydrogens is 420 g/mol. The van der Waals surface area contributed by atoms with Crippen LogP contribution in [0.15, 0.2) is 24.3 Å². The number of nitrogen functional groups attached to an aromatic ring is 1. The number of nitrogens with two attached hydrogens (primary N) is 1. The molecule has 0 aliphatic heterocycles. The van der Waals surface area contributed by atoms with E-state index in [1.807, 2.05) is 36.4 Å². The predicted octanol–water partition coefficient (Wildman–Crippen LogP) is 5.07. The van der Waals surface area contributed by atoms with E-state index in [1.165, 1.54) is 12.1 Å². The molecule has 0 radical (unpaired) electrons. The Bertz CT molecular complexity index is 723. The molecule has 0 aromatic heterocycles. The van der Waals surface area contributed by atoms with E-state index >= 15 is 0 Å². The largest absolute Gasteiger partial charge is 0.491 e. The molecule has 0 saturated carbocycles. The van der Waals surface area contributed by atoms with Crippen molar-refractivity contribution in [3.63, 3.8) is 0 Å². The Morgan fingerprint density at radius 2 is 1.87 bits per heavy atom. The Labute approximate surface area is 146 Å². The van der Waals surface area contributed by atoms with Crippen LogP contribution in [0.4, 0.5) is 30.2 Å². The van der Waals surface area contributed by atoms with E-state index < -0.39 is 17.5 Å². The predicted molar refractivity (Wildman–Crippen MR) is 93.5 cm³/mol. The van der Waals surface area contributed by atoms with Crippen LogP contribution in [0.1, 0.15) is 13.8 Å². The number of hydrogen-bond donors (Lipinski definition) is 2. The van der Waals surface area contributed by atoms with Gasteiger partial charge in [-0.25, -0.2) is 13.2 Å². The van der Waals surface area contributed by atoms with Crippen molar-refractivity contribution in [2.24, 2.45) is 5.92 Å². The first-order valence-corrected chi connectivity index (χ1v) is 7.99. The van der Waals surface area contributed by atoms with Crippen molar-refractivity contribution in [3.8, 4) is 5.75 Å². The van der Waals surface area contributed by atoms with Crippen molar-refractivity contribution in [1.29, 1.82) is 0 Å². The number of ether oxygens (including phenoxy) is 1. The molecule has 0 atom stereocenters. The van der Waals surface area contributed by atoms with Crippen molar-refractivity contribution in [1.82, 2.24) is 0 Å². The molecule has 7 heteroatoms. The highest BCUT2D eigenvalue weighted by Gasteiger charge is 2.19. The first kappa shape index (κ1) is 17.7. The lowest BCUT2D eigenvalue weighted by Gasteiger charge is -2.16. The average molecular weight is 436 g/mol. The summed E-state index contributed by atoms with van der Waals surface area (Å²) in [6.07, 6.45) is 0. The highest BCUT2D eigenvalue weighted by molar-refractivity contribution is 14.1. The summed E-state index contributed by atoms with van der Waals surface area (Å²) in [7, 11) is 0. The Morgan fingerprint density at radius 3 is 2.48 bits per heavy atom. The molecule has 0 spiro atoms. The standard InChI is InChI=1S/C16H16F3IN2O/c1-8(2)7-23-13-6-11(18)14(19)16(15(13)21)22-12-4-3-9(20)5-10(12)17/h3-6,8,22H,7,21H2,1-2H3. The summed E-state index contributed by atoms with van der Waals surface area (Å²) in [6, 6.07) is 5.22. The van der Waals surface area contributed by atoms with Crippen molar-refractivity contribution in [2.45, 2.75) is 13.8 Å². The quantitative estimate of drug-likeness (QED) is 0.509. The van der Waals surface area contributed by atoms with Gasteiger partial charge in [0.15, 0.2) is 11.6 Å². The lowest BCUT2D eigenvalue weighted by molar-refractivity contribution is 0.271. The van der Waals surface area contributed by atoms with Gasteiger partial charge in [0.05, 0.1) is 12.3 Å². The molecule has 3 nitrogen and oxygen atoms in total. The minimum absolute atomic E-state index is 0.00331. The summed E-state index contributed by atoms with van der Waals surface area (Å²) < 4.78 is 47.8. The molecule has 0 aliphatic carbocycles. The maximum atomic E-state index is 14.0. The lowest BCUT2D eigenvalue weighted by atomic mass is 10.2. The Hall–Kier alpha value is -1.64. The molecule has 124 valence electrons. The zero-order valence-electron chi connectivity index (χ0n) is 12.6. The minimum atomic E-state index is -1.18. The summed E-state index contributed by atoms with van der Waals surface area (Å²) >= 11 is 1.95. The number of anilines is 3. The topological polar surface area (TPSA) is 47.3 Å². The Morgan fingerprint density at radius 1 is 1.17 bits per heavy atom. The highest BCUT2D eigenvalue weighted by Crippen LogP contribution is 2.37. The smallest absolute Gasteiger partial charge is 0.184 e. The van der Waals surface area contributed by atoms with Crippen molar-refractivity contribution >= 4 is 39.7 Å². The van der Waals surface area contributed by atoms with Gasteiger partial charge in [0, 0.05) is 9.64 Å². The van der Waals surface area contributed by atoms with Gasteiger partial charge in [-0.05, 0) is 46.7 Å². The van der Waals surface area contributed by atoms with Gasteiger partial charge in [-0.2, -0.15) is 0 Å². The van der Waals surface area contributed by atoms with Crippen molar-refractivity contribution < 1.29 is 17.9 Å². The van der Waals surface area contributed by atoms with Crippen LogP contribution in [0.2, 0.25) is 0 Å². The first-order valence-electron chi connectivity index (χ1n) is 6.92. The zero-order valence-corrected chi connectivity index (χ0v) is 14.7. The molecule has 0 amide bonds. The summed E-state index contributed by atoms with van der Waals surface area (Å²) in [4.78, 5) is 0. The maximum absolute atomic E-state index is 14.0. The van der Waals surface area contributed by atoms with Gasteiger partial charge in [-0.1, -0.05) is 13.8 Å². The fourth-order valence-electron chi connectivity index (χ4n) is 1.84. The van der Waals surface area contributed by atoms with E-state index in [4.69, 9.17) is 10.5 Å². The van der Waals surface area contributed by atoms with E-state index in [2.05, 4.69) is 5.32 Å². The van der Waals surface area contributed by atoms with Crippen molar-refractivity contribution in [3.05, 3.63) is 45.3 Å². The second kappa shape index (κ2) is 7.29. The summed E-state index contributed by atoms with van der Waals surface area (Å²) in [5.74, 6) is -2.69. The molecular formula is C16H16F3IN2O. The molecule has 2 aromatic carbocycles. The van der Waals surface area contributed by atoms with E-state index in [0.717, 1.165) is 6.07 Å². The second-order valence-electron chi connectivity index (χ2n) is 5.41. The van der Waals surface area contributed by atoms with Crippen molar-refractivity contribution in [2.75, 3.05) is 17.7 Å². The van der Waals surface area contributed by atoms with Crippen LogP contribution in [0, 0.1) is 26.9 Å². The second-order valence-corrected chi connectivity index (χ2v) is 6.66. The first-order chi connectivity index (χ1) is 10.8. The third kappa shape index (κ3) is 4.21. The van der Waals surface area contributed by atoms with Gasteiger partial charge in [-0.3, -0.25) is 0 Å². The molecule has 0 fully saturated rings. The van der Waals surface area contributed by atoms with E-state index in [-0.39, 0.29) is 28.7 Å². The molecule has 0 heterocycles. The third-order valence-corrected chi connectivity index (χ3v) is 3.66. The Kier molecular flexibility index (Phi) is 5.61. The lowest BCUT2D eigenvalue weighted by Crippen LogP contribution is -2.09. The highest BCUT2D eigenvalue weighted by atomic mass is 127. The SMILES string of the molecule is CC(C)COc1cc(F)c(F)c(Nc2ccc(I)cc2F)c1N. The van der Waals surface area contributed by atoms with E-state index in [1.54, 1.807) is 6.07 Å². The zero-order chi connectivity index (χ0) is 17.1. The molecule has 0 aliphatic rings. The minimum Gasteiger partial charge on any atom is -0.491 e. The van der Waals surface area contributed by atoms with Crippen LogP contribution in [0.5, 0.6) is 5.75 Å². The van der Waals surface area contributed by atoms with Crippen LogP contribution in [-0.4, -0.2) is 6.61 Å². The molecule has 0 unspecified atom stereocenters. The summed E-state index contributed by atoms with van der Waals surface area (Å²) in [5.41, 5.74) is 5.39. The van der Waals surface area contributed by atoms with Gasteiger partial charge < -0.3 is 15.8 Å². The maximum Gasteiger partial charge on any atom is 0.184 e. The average Bonchev–Trinajstić information content (AvgIpc) is 2.47. The fourth-order valence-corrected chi connectivity index (χ4v) is 2.29. The van der Waals surface area contributed by atoms with Gasteiger partial charge in [-0.15, -0.1) is 0 Å². The van der Waals surface area contributed by atoms with Gasteiger partial charge >= 0.3 is 0 Å². The monoisotopic (exact) mass is 436 g/mol. The molecule has 23 heavy (non-hydrogen) atoms. The number of halogens is 4. The molecule has 0 bridgehead atoms. The fraction of sp³-hybridized carbons (Fsp3) is 0.250. The molecule has 3 N–H and O–H groups in total. The van der Waals surface area contributed by atoms with Crippen LogP contribution in [0.3, 0.4) is 0 Å². The molecule has 2 rings (SSSR count).